The largest absolute Gasteiger partial charge is 0.294 e. The van der Waals surface area contributed by atoms with Gasteiger partial charge in [-0.05, 0) is 40.8 Å². The molecule has 0 radical (unpaired) electrons. The van der Waals surface area contributed by atoms with E-state index < -0.39 is 0 Å². The second kappa shape index (κ2) is 5.32. The number of ketones is 1. The van der Waals surface area contributed by atoms with Crippen molar-refractivity contribution in [2.24, 2.45) is 0 Å². The molecule has 1 nitrogen and oxygen atoms in total. The number of carbonyl (C=O) groups is 1. The molecule has 0 aromatic heterocycles. The van der Waals surface area contributed by atoms with Crippen molar-refractivity contribution in [3.63, 3.8) is 0 Å². The van der Waals surface area contributed by atoms with E-state index in [0.717, 1.165) is 9.13 Å². The van der Waals surface area contributed by atoms with Gasteiger partial charge in [0.1, 0.15) is 0 Å². The van der Waals surface area contributed by atoms with Gasteiger partial charge in [-0.2, -0.15) is 0 Å². The Morgan fingerprint density at radius 1 is 1.54 bits per heavy atom. The van der Waals surface area contributed by atoms with Gasteiger partial charge >= 0.3 is 0 Å². The van der Waals surface area contributed by atoms with Crippen LogP contribution in [0.15, 0.2) is 18.2 Å². The Labute approximate surface area is 104 Å². The van der Waals surface area contributed by atoms with Crippen molar-refractivity contribution in [2.75, 3.05) is 5.33 Å². The molecule has 0 saturated carbocycles. The summed E-state index contributed by atoms with van der Waals surface area (Å²) in [6, 6.07) is 5.31. The zero-order chi connectivity index (χ0) is 9.84. The van der Waals surface area contributed by atoms with Crippen molar-refractivity contribution in [1.29, 1.82) is 0 Å². The molecular weight excluding hydrogens is 366 g/mol. The molecule has 0 atom stereocenters. The van der Waals surface area contributed by atoms with Crippen molar-refractivity contribution >= 4 is 55.9 Å². The van der Waals surface area contributed by atoms with Gasteiger partial charge in [0.15, 0.2) is 5.78 Å². The third-order valence-corrected chi connectivity index (χ3v) is 3.08. The maximum absolute atomic E-state index is 11.5. The molecule has 70 valence electrons. The molecule has 1 aromatic carbocycles. The lowest BCUT2D eigenvalue weighted by Gasteiger charge is -2.02. The lowest BCUT2D eigenvalue weighted by atomic mass is 10.1. The molecule has 0 spiro atoms. The number of rotatable bonds is 3. The molecule has 1 rings (SSSR count). The number of hydrogen-bond donors (Lipinski definition) is 0. The summed E-state index contributed by atoms with van der Waals surface area (Å²) in [6.45, 7) is 0. The van der Waals surface area contributed by atoms with Crippen LogP contribution in [0.4, 0.5) is 0 Å². The van der Waals surface area contributed by atoms with Crippen LogP contribution in [0, 0.1) is 3.57 Å². The van der Waals surface area contributed by atoms with E-state index in [1.807, 2.05) is 0 Å². The number of hydrogen-bond acceptors (Lipinski definition) is 1. The average molecular weight is 373 g/mol. The van der Waals surface area contributed by atoms with E-state index in [1.54, 1.807) is 18.2 Å². The summed E-state index contributed by atoms with van der Waals surface area (Å²) in [5.41, 5.74) is 0.754. The fourth-order valence-corrected chi connectivity index (χ4v) is 2.47. The van der Waals surface area contributed by atoms with Crippen molar-refractivity contribution in [3.05, 3.63) is 32.4 Å². The molecule has 0 N–H and O–H groups in total. The number of carbonyl (C=O) groups excluding carboxylic acids is 1. The Bertz CT molecular complexity index is 327. The van der Waals surface area contributed by atoms with Gasteiger partial charge in [0.25, 0.3) is 0 Å². The van der Waals surface area contributed by atoms with Gasteiger partial charge in [0, 0.05) is 25.9 Å². The van der Waals surface area contributed by atoms with E-state index in [9.17, 15) is 4.79 Å². The summed E-state index contributed by atoms with van der Waals surface area (Å²) >= 11 is 11.1. The van der Waals surface area contributed by atoms with Crippen LogP contribution in [0.1, 0.15) is 16.8 Å². The molecule has 0 unspecified atom stereocenters. The first-order valence-corrected chi connectivity index (χ1v) is 6.27. The topological polar surface area (TPSA) is 17.1 Å². The summed E-state index contributed by atoms with van der Waals surface area (Å²) in [5, 5.41) is 1.37. The average Bonchev–Trinajstić information content (AvgIpc) is 2.04. The molecular formula is C9H7BrClIO. The van der Waals surface area contributed by atoms with Crippen molar-refractivity contribution in [3.8, 4) is 0 Å². The summed E-state index contributed by atoms with van der Waals surface area (Å²) in [6.07, 6.45) is 0.525. The molecule has 0 aliphatic carbocycles. The van der Waals surface area contributed by atoms with Crippen molar-refractivity contribution in [2.45, 2.75) is 6.42 Å². The smallest absolute Gasteiger partial charge is 0.164 e. The minimum atomic E-state index is 0.151. The van der Waals surface area contributed by atoms with Gasteiger partial charge in [0.2, 0.25) is 0 Å². The van der Waals surface area contributed by atoms with Crippen molar-refractivity contribution < 1.29 is 4.79 Å². The van der Waals surface area contributed by atoms with Crippen LogP contribution in [-0.4, -0.2) is 11.1 Å². The van der Waals surface area contributed by atoms with Gasteiger partial charge < -0.3 is 0 Å². The molecule has 13 heavy (non-hydrogen) atoms. The van der Waals surface area contributed by atoms with E-state index in [-0.39, 0.29) is 5.78 Å². The SMILES string of the molecule is O=C(CCBr)c1ccc(Cl)cc1I. The van der Waals surface area contributed by atoms with E-state index in [4.69, 9.17) is 11.6 Å². The van der Waals surface area contributed by atoms with E-state index in [0.29, 0.717) is 16.8 Å². The van der Waals surface area contributed by atoms with E-state index in [2.05, 4.69) is 38.5 Å². The molecule has 0 aliphatic rings. The highest BCUT2D eigenvalue weighted by molar-refractivity contribution is 14.1. The minimum Gasteiger partial charge on any atom is -0.294 e. The number of halogens is 3. The van der Waals surface area contributed by atoms with Crippen LogP contribution in [0.25, 0.3) is 0 Å². The highest BCUT2D eigenvalue weighted by atomic mass is 127. The third kappa shape index (κ3) is 3.22. The quantitative estimate of drug-likeness (QED) is 0.446. The number of benzene rings is 1. The Morgan fingerprint density at radius 3 is 2.77 bits per heavy atom. The number of alkyl halides is 1. The van der Waals surface area contributed by atoms with Gasteiger partial charge in [-0.3, -0.25) is 4.79 Å². The Morgan fingerprint density at radius 2 is 2.23 bits per heavy atom. The van der Waals surface area contributed by atoms with Gasteiger partial charge in [-0.25, -0.2) is 0 Å². The zero-order valence-corrected chi connectivity index (χ0v) is 11.2. The number of Topliss-reactive ketones (excluding diaryl/α,β-unsaturated/α-hetero) is 1. The van der Waals surface area contributed by atoms with Crippen LogP contribution >= 0.6 is 50.1 Å². The van der Waals surface area contributed by atoms with Crippen LogP contribution in [0.5, 0.6) is 0 Å². The molecule has 4 heteroatoms. The summed E-state index contributed by atoms with van der Waals surface area (Å²) < 4.78 is 0.913. The first kappa shape index (κ1) is 11.5. The molecule has 0 fully saturated rings. The fourth-order valence-electron chi connectivity index (χ4n) is 0.936. The second-order valence-electron chi connectivity index (χ2n) is 2.49. The predicted molar refractivity (Wildman–Crippen MR) is 66.9 cm³/mol. The van der Waals surface area contributed by atoms with Crippen LogP contribution < -0.4 is 0 Å². The summed E-state index contributed by atoms with van der Waals surface area (Å²) in [5.74, 6) is 0.151. The lowest BCUT2D eigenvalue weighted by molar-refractivity contribution is 0.0989. The highest BCUT2D eigenvalue weighted by Crippen LogP contribution is 2.19. The molecule has 0 aliphatic heterocycles. The fraction of sp³-hybridized carbons (Fsp3) is 0.222. The minimum absolute atomic E-state index is 0.151. The monoisotopic (exact) mass is 372 g/mol. The predicted octanol–water partition coefficient (Wildman–Crippen LogP) is 3.91. The first-order chi connectivity index (χ1) is 6.15. The van der Waals surface area contributed by atoms with Gasteiger partial charge in [-0.15, -0.1) is 0 Å². The first-order valence-electron chi connectivity index (χ1n) is 3.69. The van der Waals surface area contributed by atoms with Crippen molar-refractivity contribution in [1.82, 2.24) is 0 Å². The third-order valence-electron chi connectivity index (χ3n) is 1.55. The van der Waals surface area contributed by atoms with Crippen LogP contribution in [0.3, 0.4) is 0 Å². The molecule has 0 amide bonds. The second-order valence-corrected chi connectivity index (χ2v) is 4.88. The highest BCUT2D eigenvalue weighted by Gasteiger charge is 2.08. The molecule has 1 aromatic rings. The van der Waals surface area contributed by atoms with Crippen LogP contribution in [-0.2, 0) is 0 Å². The molecule has 0 bridgehead atoms. The van der Waals surface area contributed by atoms with E-state index >= 15 is 0 Å². The van der Waals surface area contributed by atoms with Gasteiger partial charge in [0.05, 0.1) is 0 Å². The Kier molecular flexibility index (Phi) is 4.69. The summed E-state index contributed by atoms with van der Waals surface area (Å²) in [7, 11) is 0. The van der Waals surface area contributed by atoms with Gasteiger partial charge in [-0.1, -0.05) is 27.5 Å². The standard InChI is InChI=1S/C9H7BrClIO/c10-4-3-9(13)7-2-1-6(11)5-8(7)12/h1-2,5H,3-4H2. The van der Waals surface area contributed by atoms with Crippen LogP contribution in [0.2, 0.25) is 5.02 Å². The summed E-state index contributed by atoms with van der Waals surface area (Å²) in [4.78, 5) is 11.5. The molecule has 0 heterocycles. The normalized spacial score (nSPS) is 10.1. The molecule has 0 saturated heterocycles. The maximum atomic E-state index is 11.5. The Hall–Kier alpha value is 0.390. The lowest BCUT2D eigenvalue weighted by Crippen LogP contribution is -2.01. The zero-order valence-electron chi connectivity index (χ0n) is 6.69. The Balaban J connectivity index is 2.95. The van der Waals surface area contributed by atoms with E-state index in [1.165, 1.54) is 0 Å². The maximum Gasteiger partial charge on any atom is 0.164 e.